The Morgan fingerprint density at radius 2 is 2.00 bits per heavy atom. The maximum atomic E-state index is 11.0. The zero-order valence-corrected chi connectivity index (χ0v) is 9.34. The van der Waals surface area contributed by atoms with Gasteiger partial charge in [-0.3, -0.25) is 10.1 Å². The maximum Gasteiger partial charge on any atom is 0.318 e. The van der Waals surface area contributed by atoms with E-state index >= 15 is 0 Å². The molecule has 6 nitrogen and oxygen atoms in total. The standard InChI is InChI=1S/C11H14N2O4/c1-7(14)8-2-4-9(5-3-8)17-6-10(15)13-11(12)16/h2-5,7,14H,6H2,1H3,(H3,12,13,15,16). The first-order chi connectivity index (χ1) is 7.99. The van der Waals surface area contributed by atoms with E-state index in [1.165, 1.54) is 0 Å². The summed E-state index contributed by atoms with van der Waals surface area (Å²) in [5.74, 6) is -0.147. The smallest absolute Gasteiger partial charge is 0.318 e. The zero-order chi connectivity index (χ0) is 12.8. The molecule has 1 atom stereocenters. The lowest BCUT2D eigenvalue weighted by atomic mass is 10.1. The molecule has 1 aromatic rings. The maximum absolute atomic E-state index is 11.0. The second-order valence-electron chi connectivity index (χ2n) is 3.45. The molecule has 3 amide bonds. The van der Waals surface area contributed by atoms with Gasteiger partial charge < -0.3 is 15.6 Å². The molecule has 1 aromatic carbocycles. The second kappa shape index (κ2) is 5.86. The van der Waals surface area contributed by atoms with Crippen LogP contribution in [0.2, 0.25) is 0 Å². The van der Waals surface area contributed by atoms with Crippen LogP contribution in [0.15, 0.2) is 24.3 Å². The number of imide groups is 1. The fourth-order valence-corrected chi connectivity index (χ4v) is 1.16. The number of carbonyl (C=O) groups is 2. The molecule has 6 heteroatoms. The number of aliphatic hydroxyl groups is 1. The van der Waals surface area contributed by atoms with Gasteiger partial charge in [0.2, 0.25) is 0 Å². The summed E-state index contributed by atoms with van der Waals surface area (Å²) >= 11 is 0. The molecule has 0 saturated carbocycles. The Balaban J connectivity index is 2.47. The van der Waals surface area contributed by atoms with E-state index in [1.54, 1.807) is 31.2 Å². The lowest BCUT2D eigenvalue weighted by molar-refractivity contribution is -0.121. The molecule has 0 radical (unpaired) electrons. The van der Waals surface area contributed by atoms with Crippen molar-refractivity contribution < 1.29 is 19.4 Å². The first kappa shape index (κ1) is 13.0. The first-order valence-electron chi connectivity index (χ1n) is 4.99. The monoisotopic (exact) mass is 238 g/mol. The minimum Gasteiger partial charge on any atom is -0.484 e. The van der Waals surface area contributed by atoms with Crippen LogP contribution >= 0.6 is 0 Å². The minimum absolute atomic E-state index is 0.295. The molecule has 4 N–H and O–H groups in total. The van der Waals surface area contributed by atoms with E-state index in [4.69, 9.17) is 10.5 Å². The topological polar surface area (TPSA) is 102 Å². The van der Waals surface area contributed by atoms with Crippen LogP contribution in [0, 0.1) is 0 Å². The highest BCUT2D eigenvalue weighted by molar-refractivity contribution is 5.94. The molecule has 92 valence electrons. The lowest BCUT2D eigenvalue weighted by Crippen LogP contribution is -2.38. The van der Waals surface area contributed by atoms with E-state index in [0.717, 1.165) is 5.56 Å². The van der Waals surface area contributed by atoms with E-state index in [1.807, 2.05) is 5.32 Å². The predicted octanol–water partition coefficient (Wildman–Crippen LogP) is 0.314. The average molecular weight is 238 g/mol. The highest BCUT2D eigenvalue weighted by Crippen LogP contribution is 2.16. The highest BCUT2D eigenvalue weighted by atomic mass is 16.5. The molecule has 0 heterocycles. The number of urea groups is 1. The molecular weight excluding hydrogens is 224 g/mol. The average Bonchev–Trinajstić information content (AvgIpc) is 2.26. The number of aliphatic hydroxyl groups excluding tert-OH is 1. The van der Waals surface area contributed by atoms with Gasteiger partial charge >= 0.3 is 6.03 Å². The molecule has 0 fully saturated rings. The number of carbonyl (C=O) groups excluding carboxylic acids is 2. The molecule has 0 aromatic heterocycles. The number of rotatable bonds is 4. The normalized spacial score (nSPS) is 11.6. The van der Waals surface area contributed by atoms with Crippen molar-refractivity contribution in [3.8, 4) is 5.75 Å². The predicted molar refractivity (Wildman–Crippen MR) is 60.3 cm³/mol. The van der Waals surface area contributed by atoms with Gasteiger partial charge in [0, 0.05) is 0 Å². The van der Waals surface area contributed by atoms with Gasteiger partial charge in [0.05, 0.1) is 6.10 Å². The fourth-order valence-electron chi connectivity index (χ4n) is 1.16. The quantitative estimate of drug-likeness (QED) is 0.702. The summed E-state index contributed by atoms with van der Waals surface area (Å²) in [5.41, 5.74) is 5.51. The van der Waals surface area contributed by atoms with Gasteiger partial charge in [-0.15, -0.1) is 0 Å². The Labute approximate surface area is 98.4 Å². The molecule has 1 rings (SSSR count). The Hall–Kier alpha value is -2.08. The summed E-state index contributed by atoms with van der Waals surface area (Å²) in [7, 11) is 0. The molecule has 0 spiro atoms. The van der Waals surface area contributed by atoms with Crippen LogP contribution in [-0.2, 0) is 4.79 Å². The van der Waals surface area contributed by atoms with E-state index in [9.17, 15) is 14.7 Å². The van der Waals surface area contributed by atoms with Crippen molar-refractivity contribution >= 4 is 11.9 Å². The Morgan fingerprint density at radius 1 is 1.41 bits per heavy atom. The largest absolute Gasteiger partial charge is 0.484 e. The van der Waals surface area contributed by atoms with Crippen molar-refractivity contribution in [3.05, 3.63) is 29.8 Å². The third-order valence-corrected chi connectivity index (χ3v) is 2.00. The van der Waals surface area contributed by atoms with Crippen LogP contribution in [0.3, 0.4) is 0 Å². The number of hydrogen-bond donors (Lipinski definition) is 3. The van der Waals surface area contributed by atoms with Crippen LogP contribution in [0.25, 0.3) is 0 Å². The van der Waals surface area contributed by atoms with Crippen molar-refractivity contribution in [2.75, 3.05) is 6.61 Å². The summed E-state index contributed by atoms with van der Waals surface area (Å²) in [6.07, 6.45) is -0.554. The number of ether oxygens (including phenoxy) is 1. The number of nitrogens with one attached hydrogen (secondary N) is 1. The summed E-state index contributed by atoms with van der Waals surface area (Å²) in [4.78, 5) is 21.4. The number of benzene rings is 1. The van der Waals surface area contributed by atoms with E-state index in [2.05, 4.69) is 0 Å². The van der Waals surface area contributed by atoms with Crippen LogP contribution in [-0.4, -0.2) is 23.7 Å². The zero-order valence-electron chi connectivity index (χ0n) is 9.34. The molecule has 0 aliphatic heterocycles. The fraction of sp³-hybridized carbons (Fsp3) is 0.273. The van der Waals surface area contributed by atoms with Gasteiger partial charge in [-0.1, -0.05) is 12.1 Å². The molecule has 0 aliphatic carbocycles. The van der Waals surface area contributed by atoms with Gasteiger partial charge in [0.1, 0.15) is 5.75 Å². The van der Waals surface area contributed by atoms with Crippen molar-refractivity contribution in [2.24, 2.45) is 5.73 Å². The van der Waals surface area contributed by atoms with Gasteiger partial charge in [-0.25, -0.2) is 4.79 Å². The van der Waals surface area contributed by atoms with Gasteiger partial charge in [0.15, 0.2) is 6.61 Å². The molecule has 0 aliphatic rings. The van der Waals surface area contributed by atoms with Crippen molar-refractivity contribution in [1.82, 2.24) is 5.32 Å². The van der Waals surface area contributed by atoms with Crippen molar-refractivity contribution in [1.29, 1.82) is 0 Å². The van der Waals surface area contributed by atoms with Gasteiger partial charge in [0.25, 0.3) is 5.91 Å². The van der Waals surface area contributed by atoms with Crippen molar-refractivity contribution in [3.63, 3.8) is 0 Å². The first-order valence-corrected chi connectivity index (χ1v) is 4.99. The molecular formula is C11H14N2O4. The van der Waals surface area contributed by atoms with Gasteiger partial charge in [-0.2, -0.15) is 0 Å². The van der Waals surface area contributed by atoms with E-state index < -0.39 is 18.0 Å². The highest BCUT2D eigenvalue weighted by Gasteiger charge is 2.05. The van der Waals surface area contributed by atoms with Crippen molar-refractivity contribution in [2.45, 2.75) is 13.0 Å². The molecule has 1 unspecified atom stereocenters. The van der Waals surface area contributed by atoms with Crippen LogP contribution in [0.4, 0.5) is 4.79 Å². The number of amides is 3. The molecule has 0 bridgehead atoms. The van der Waals surface area contributed by atoms with Crippen LogP contribution < -0.4 is 15.8 Å². The third-order valence-electron chi connectivity index (χ3n) is 2.00. The Bertz CT molecular complexity index is 400. The Morgan fingerprint density at radius 3 is 2.47 bits per heavy atom. The number of primary amides is 1. The number of nitrogens with two attached hydrogens (primary N) is 1. The minimum atomic E-state index is -0.914. The lowest BCUT2D eigenvalue weighted by Gasteiger charge is -2.07. The molecule has 17 heavy (non-hydrogen) atoms. The summed E-state index contributed by atoms with van der Waals surface area (Å²) in [5, 5.41) is 11.2. The SMILES string of the molecule is CC(O)c1ccc(OCC(=O)NC(N)=O)cc1. The third kappa shape index (κ3) is 4.52. The van der Waals surface area contributed by atoms with E-state index in [-0.39, 0.29) is 6.61 Å². The summed E-state index contributed by atoms with van der Waals surface area (Å²) < 4.78 is 5.10. The summed E-state index contributed by atoms with van der Waals surface area (Å²) in [6, 6.07) is 5.71. The summed E-state index contributed by atoms with van der Waals surface area (Å²) in [6.45, 7) is 1.35. The van der Waals surface area contributed by atoms with Crippen LogP contribution in [0.5, 0.6) is 5.75 Å². The van der Waals surface area contributed by atoms with Crippen LogP contribution in [0.1, 0.15) is 18.6 Å². The Kier molecular flexibility index (Phi) is 4.47. The second-order valence-corrected chi connectivity index (χ2v) is 3.45. The van der Waals surface area contributed by atoms with Gasteiger partial charge in [-0.05, 0) is 24.6 Å². The number of hydrogen-bond acceptors (Lipinski definition) is 4. The molecule has 0 saturated heterocycles. The van der Waals surface area contributed by atoms with E-state index in [0.29, 0.717) is 5.75 Å².